The zero-order valence-electron chi connectivity index (χ0n) is 16.5. The largest absolute Gasteiger partial charge is 0.416 e. The van der Waals surface area contributed by atoms with Crippen LogP contribution in [0.25, 0.3) is 11.4 Å². The Balaban J connectivity index is 0.00000272. The van der Waals surface area contributed by atoms with E-state index in [9.17, 15) is 17.6 Å². The Hall–Kier alpha value is -2.72. The lowest BCUT2D eigenvalue weighted by atomic mass is 10.1. The first kappa shape index (κ1) is 23.0. The Morgan fingerprint density at radius 3 is 2.39 bits per heavy atom. The van der Waals surface area contributed by atoms with Gasteiger partial charge in [-0.3, -0.25) is 0 Å². The van der Waals surface area contributed by atoms with Crippen LogP contribution in [-0.4, -0.2) is 32.7 Å². The molecular formula is C20H20ClF4N5O. The van der Waals surface area contributed by atoms with Gasteiger partial charge in [0.25, 0.3) is 0 Å². The van der Waals surface area contributed by atoms with E-state index < -0.39 is 17.6 Å². The molecule has 3 aromatic rings. The molecule has 2 aromatic heterocycles. The van der Waals surface area contributed by atoms with Gasteiger partial charge in [0.2, 0.25) is 5.95 Å². The van der Waals surface area contributed by atoms with Crippen molar-refractivity contribution in [3.8, 4) is 11.4 Å². The highest BCUT2D eigenvalue weighted by molar-refractivity contribution is 5.85. The average Bonchev–Trinajstić information content (AvgIpc) is 3.11. The zero-order chi connectivity index (χ0) is 21.3. The molecule has 6 nitrogen and oxygen atoms in total. The van der Waals surface area contributed by atoms with Gasteiger partial charge in [-0.25, -0.2) is 19.3 Å². The number of alkyl halides is 3. The van der Waals surface area contributed by atoms with Gasteiger partial charge in [0.15, 0.2) is 5.82 Å². The van der Waals surface area contributed by atoms with Crippen LogP contribution in [0.2, 0.25) is 0 Å². The van der Waals surface area contributed by atoms with Gasteiger partial charge >= 0.3 is 6.18 Å². The molecule has 1 aliphatic heterocycles. The zero-order valence-corrected chi connectivity index (χ0v) is 17.3. The normalized spacial score (nSPS) is 14.9. The molecule has 1 aromatic carbocycles. The summed E-state index contributed by atoms with van der Waals surface area (Å²) in [5.74, 6) is 0.205. The van der Waals surface area contributed by atoms with Crippen molar-refractivity contribution < 1.29 is 22.3 Å². The molecule has 1 N–H and O–H groups in total. The number of imidazole rings is 1. The number of hydrogen-bond acceptors (Lipinski definition) is 5. The fraction of sp³-hybridized carbons (Fsp3) is 0.350. The first-order valence-electron chi connectivity index (χ1n) is 9.41. The maximum absolute atomic E-state index is 14.6. The van der Waals surface area contributed by atoms with Gasteiger partial charge in [-0.1, -0.05) is 0 Å². The number of aryl methyl sites for hydroxylation is 1. The number of benzene rings is 1. The smallest absolute Gasteiger partial charge is 0.381 e. The lowest BCUT2D eigenvalue weighted by molar-refractivity contribution is -0.137. The third-order valence-corrected chi connectivity index (χ3v) is 4.99. The fourth-order valence-corrected chi connectivity index (χ4v) is 3.51. The van der Waals surface area contributed by atoms with E-state index in [4.69, 9.17) is 4.74 Å². The summed E-state index contributed by atoms with van der Waals surface area (Å²) in [6.45, 7) is 3.09. The molecule has 166 valence electrons. The number of rotatable bonds is 4. The topological polar surface area (TPSA) is 64.9 Å². The number of ether oxygens (including phenoxy) is 1. The van der Waals surface area contributed by atoms with Crippen LogP contribution >= 0.6 is 12.4 Å². The van der Waals surface area contributed by atoms with Gasteiger partial charge < -0.3 is 14.6 Å². The highest BCUT2D eigenvalue weighted by Crippen LogP contribution is 2.32. The van der Waals surface area contributed by atoms with Crippen molar-refractivity contribution in [2.45, 2.75) is 32.0 Å². The molecule has 0 bridgehead atoms. The molecule has 0 saturated carbocycles. The van der Waals surface area contributed by atoms with Crippen LogP contribution < -0.4 is 5.32 Å². The Morgan fingerprint density at radius 2 is 1.74 bits per heavy atom. The molecule has 0 unspecified atom stereocenters. The van der Waals surface area contributed by atoms with Crippen molar-refractivity contribution in [3.05, 3.63) is 53.9 Å². The Bertz CT molecular complexity index is 1030. The molecule has 31 heavy (non-hydrogen) atoms. The monoisotopic (exact) mass is 457 g/mol. The minimum atomic E-state index is -4.42. The molecule has 4 rings (SSSR count). The molecule has 0 aliphatic carbocycles. The lowest BCUT2D eigenvalue weighted by Crippen LogP contribution is -2.21. The SMILES string of the molecule is Cc1ncc(-c2nc(Nc3ccc(C(F)(F)F)cc3)ncc2F)n1C1CCOCC1.Cl. The minimum Gasteiger partial charge on any atom is -0.381 e. The number of hydrogen-bond donors (Lipinski definition) is 1. The van der Waals surface area contributed by atoms with Crippen LogP contribution in [-0.2, 0) is 10.9 Å². The van der Waals surface area contributed by atoms with E-state index in [1.54, 1.807) is 6.20 Å². The quantitative estimate of drug-likeness (QED) is 0.537. The average molecular weight is 458 g/mol. The summed E-state index contributed by atoms with van der Waals surface area (Å²) in [7, 11) is 0. The molecule has 0 radical (unpaired) electrons. The first-order valence-corrected chi connectivity index (χ1v) is 9.41. The second-order valence-corrected chi connectivity index (χ2v) is 6.99. The summed E-state index contributed by atoms with van der Waals surface area (Å²) in [4.78, 5) is 12.5. The maximum Gasteiger partial charge on any atom is 0.416 e. The second kappa shape index (κ2) is 9.19. The Labute approximate surface area is 182 Å². The number of halogens is 5. The Morgan fingerprint density at radius 1 is 1.06 bits per heavy atom. The van der Waals surface area contributed by atoms with Crippen LogP contribution in [0.15, 0.2) is 36.7 Å². The van der Waals surface area contributed by atoms with E-state index in [2.05, 4.69) is 20.3 Å². The van der Waals surface area contributed by atoms with Crippen molar-refractivity contribution in [3.63, 3.8) is 0 Å². The number of nitrogens with one attached hydrogen (secondary N) is 1. The van der Waals surface area contributed by atoms with Crippen molar-refractivity contribution in [1.82, 2.24) is 19.5 Å². The van der Waals surface area contributed by atoms with Crippen molar-refractivity contribution in [2.24, 2.45) is 0 Å². The predicted octanol–water partition coefficient (Wildman–Crippen LogP) is 5.32. The lowest BCUT2D eigenvalue weighted by Gasteiger charge is -2.26. The van der Waals surface area contributed by atoms with Gasteiger partial charge in [0, 0.05) is 24.9 Å². The number of anilines is 2. The third-order valence-electron chi connectivity index (χ3n) is 4.99. The van der Waals surface area contributed by atoms with Crippen LogP contribution in [0.1, 0.15) is 30.3 Å². The second-order valence-electron chi connectivity index (χ2n) is 6.99. The van der Waals surface area contributed by atoms with E-state index in [-0.39, 0.29) is 30.1 Å². The summed E-state index contributed by atoms with van der Waals surface area (Å²) < 4.78 is 60.1. The highest BCUT2D eigenvalue weighted by Gasteiger charge is 2.30. The molecule has 1 aliphatic rings. The standard InChI is InChI=1S/C20H19F4N5O.ClH/c1-12-25-11-17(29(12)15-6-8-30-9-7-15)18-16(21)10-26-19(28-18)27-14-4-2-13(3-5-14)20(22,23)24;/h2-5,10-11,15H,6-9H2,1H3,(H,26,27,28);1H. The summed E-state index contributed by atoms with van der Waals surface area (Å²) in [6, 6.07) is 4.57. The van der Waals surface area contributed by atoms with Crippen LogP contribution in [0.4, 0.5) is 29.2 Å². The molecular weight excluding hydrogens is 438 g/mol. The summed E-state index contributed by atoms with van der Waals surface area (Å²) in [5, 5.41) is 2.82. The predicted molar refractivity (Wildman–Crippen MR) is 109 cm³/mol. The van der Waals surface area contributed by atoms with Gasteiger partial charge in [-0.15, -0.1) is 12.4 Å². The van der Waals surface area contributed by atoms with E-state index in [1.165, 1.54) is 12.1 Å². The summed E-state index contributed by atoms with van der Waals surface area (Å²) >= 11 is 0. The summed E-state index contributed by atoms with van der Waals surface area (Å²) in [5.41, 5.74) is 0.195. The third kappa shape index (κ3) is 4.96. The van der Waals surface area contributed by atoms with E-state index in [1.807, 2.05) is 11.5 Å². The number of nitrogens with zero attached hydrogens (tertiary/aromatic N) is 4. The molecule has 3 heterocycles. The van der Waals surface area contributed by atoms with E-state index in [0.29, 0.717) is 24.6 Å². The maximum atomic E-state index is 14.6. The highest BCUT2D eigenvalue weighted by atomic mass is 35.5. The first-order chi connectivity index (χ1) is 14.3. The molecule has 0 spiro atoms. The van der Waals surface area contributed by atoms with Crippen molar-refractivity contribution in [1.29, 1.82) is 0 Å². The fourth-order valence-electron chi connectivity index (χ4n) is 3.51. The molecule has 0 amide bonds. The molecule has 1 fully saturated rings. The van der Waals surface area contributed by atoms with E-state index >= 15 is 0 Å². The van der Waals surface area contributed by atoms with Crippen molar-refractivity contribution in [2.75, 3.05) is 18.5 Å². The van der Waals surface area contributed by atoms with Crippen LogP contribution in [0.5, 0.6) is 0 Å². The van der Waals surface area contributed by atoms with Crippen LogP contribution in [0, 0.1) is 12.7 Å². The van der Waals surface area contributed by atoms with Crippen molar-refractivity contribution >= 4 is 24.0 Å². The van der Waals surface area contributed by atoms with Gasteiger partial charge in [0.1, 0.15) is 11.5 Å². The van der Waals surface area contributed by atoms with Gasteiger partial charge in [0.05, 0.1) is 23.7 Å². The van der Waals surface area contributed by atoms with Crippen LogP contribution in [0.3, 0.4) is 0 Å². The Kier molecular flexibility index (Phi) is 6.80. The molecule has 1 saturated heterocycles. The molecule has 11 heteroatoms. The van der Waals surface area contributed by atoms with E-state index in [0.717, 1.165) is 37.0 Å². The van der Waals surface area contributed by atoms with Gasteiger partial charge in [-0.05, 0) is 44.0 Å². The summed E-state index contributed by atoms with van der Waals surface area (Å²) in [6.07, 6.45) is -0.247. The minimum absolute atomic E-state index is 0. The molecule has 0 atom stereocenters. The van der Waals surface area contributed by atoms with Gasteiger partial charge in [-0.2, -0.15) is 13.2 Å². The number of aromatic nitrogens is 4.